The molecule has 0 aliphatic heterocycles. The van der Waals surface area contributed by atoms with Crippen molar-refractivity contribution in [3.8, 4) is 5.75 Å². The molecule has 19 heavy (non-hydrogen) atoms. The summed E-state index contributed by atoms with van der Waals surface area (Å²) in [7, 11) is 0. The number of nitrogen functional groups attached to an aromatic ring is 1. The quantitative estimate of drug-likeness (QED) is 0.841. The summed E-state index contributed by atoms with van der Waals surface area (Å²) in [6.07, 6.45) is 0. The monoisotopic (exact) mass is 275 g/mol. The molecule has 2 aromatic carbocycles. The minimum Gasteiger partial charge on any atom is -0.489 e. The van der Waals surface area contributed by atoms with Gasteiger partial charge in [0.05, 0.1) is 0 Å². The molecule has 0 amide bonds. The molecule has 2 N–H and O–H groups in total. The van der Waals surface area contributed by atoms with E-state index in [4.69, 9.17) is 22.1 Å². The molecule has 100 valence electrons. The Morgan fingerprint density at radius 2 is 1.79 bits per heavy atom. The molecule has 0 aliphatic rings. The number of anilines is 1. The molecule has 2 nitrogen and oxygen atoms in total. The highest BCUT2D eigenvalue weighted by molar-refractivity contribution is 6.31. The number of rotatable bonds is 3. The molecule has 3 heteroatoms. The lowest BCUT2D eigenvalue weighted by atomic mass is 10.1. The second-order valence-corrected chi connectivity index (χ2v) is 5.27. The maximum atomic E-state index is 6.19. The van der Waals surface area contributed by atoms with Crippen LogP contribution in [0.5, 0.6) is 5.75 Å². The van der Waals surface area contributed by atoms with Gasteiger partial charge in [-0.15, -0.1) is 0 Å². The summed E-state index contributed by atoms with van der Waals surface area (Å²) in [5.74, 6) is 0.805. The van der Waals surface area contributed by atoms with Gasteiger partial charge in [-0.1, -0.05) is 29.8 Å². The normalized spacial score (nSPS) is 10.5. The summed E-state index contributed by atoms with van der Waals surface area (Å²) in [5.41, 5.74) is 10.9. The predicted octanol–water partition coefficient (Wildman–Crippen LogP) is 4.43. The predicted molar refractivity (Wildman–Crippen MR) is 80.8 cm³/mol. The van der Waals surface area contributed by atoms with Crippen LogP contribution in [0.3, 0.4) is 0 Å². The number of hydrogen-bond donors (Lipinski definition) is 1. The Morgan fingerprint density at radius 3 is 2.47 bits per heavy atom. The molecule has 0 saturated carbocycles. The van der Waals surface area contributed by atoms with Gasteiger partial charge in [0.25, 0.3) is 0 Å². The van der Waals surface area contributed by atoms with Crippen LogP contribution in [0.25, 0.3) is 0 Å². The van der Waals surface area contributed by atoms with Gasteiger partial charge in [0, 0.05) is 22.3 Å². The van der Waals surface area contributed by atoms with Crippen molar-refractivity contribution in [3.63, 3.8) is 0 Å². The van der Waals surface area contributed by atoms with E-state index in [1.165, 1.54) is 0 Å². The van der Waals surface area contributed by atoms with Gasteiger partial charge in [-0.05, 0) is 43.5 Å². The molecule has 2 aromatic rings. The lowest BCUT2D eigenvalue weighted by Gasteiger charge is -2.12. The molecule has 0 atom stereocenters. The van der Waals surface area contributed by atoms with Crippen LogP contribution >= 0.6 is 11.6 Å². The fraction of sp³-hybridized carbons (Fsp3) is 0.250. The van der Waals surface area contributed by atoms with Gasteiger partial charge in [0.15, 0.2) is 0 Å². The van der Waals surface area contributed by atoms with Crippen LogP contribution in [0, 0.1) is 20.8 Å². The van der Waals surface area contributed by atoms with Gasteiger partial charge in [-0.3, -0.25) is 0 Å². The van der Waals surface area contributed by atoms with E-state index in [9.17, 15) is 0 Å². The summed E-state index contributed by atoms with van der Waals surface area (Å²) in [6, 6.07) is 9.86. The molecule has 0 spiro atoms. The van der Waals surface area contributed by atoms with E-state index < -0.39 is 0 Å². The number of aryl methyl sites for hydroxylation is 3. The third-order valence-corrected chi connectivity index (χ3v) is 3.51. The second kappa shape index (κ2) is 5.54. The Bertz CT molecular complexity index is 608. The molecule has 0 saturated heterocycles. The van der Waals surface area contributed by atoms with Crippen molar-refractivity contribution >= 4 is 17.3 Å². The van der Waals surface area contributed by atoms with Gasteiger partial charge < -0.3 is 10.5 Å². The molecular weight excluding hydrogens is 258 g/mol. The average molecular weight is 276 g/mol. The molecule has 0 radical (unpaired) electrons. The maximum Gasteiger partial charge on any atom is 0.124 e. The first-order chi connectivity index (χ1) is 8.97. The van der Waals surface area contributed by atoms with E-state index in [0.717, 1.165) is 38.7 Å². The molecule has 0 heterocycles. The van der Waals surface area contributed by atoms with E-state index in [1.807, 2.05) is 51.1 Å². The Morgan fingerprint density at radius 1 is 1.05 bits per heavy atom. The number of ether oxygens (including phenoxy) is 1. The Balaban J connectivity index is 2.16. The highest BCUT2D eigenvalue weighted by Crippen LogP contribution is 2.26. The first-order valence-corrected chi connectivity index (χ1v) is 6.59. The summed E-state index contributed by atoms with van der Waals surface area (Å²) >= 11 is 6.19. The van der Waals surface area contributed by atoms with Crippen molar-refractivity contribution in [3.05, 3.63) is 57.6 Å². The van der Waals surface area contributed by atoms with Crippen molar-refractivity contribution < 1.29 is 4.74 Å². The zero-order valence-corrected chi connectivity index (χ0v) is 12.2. The number of halogens is 1. The molecule has 0 aromatic heterocycles. The van der Waals surface area contributed by atoms with Crippen molar-refractivity contribution in [1.82, 2.24) is 0 Å². The molecule has 0 fully saturated rings. The van der Waals surface area contributed by atoms with Crippen LogP contribution in [-0.4, -0.2) is 0 Å². The second-order valence-electron chi connectivity index (χ2n) is 4.86. The standard InChI is InChI=1S/C16H18ClNO/c1-10-4-5-13(14(17)6-10)9-19-16-8-15(18)11(2)7-12(16)3/h4-8H,9,18H2,1-3H3. The van der Waals surface area contributed by atoms with Gasteiger partial charge in [0.2, 0.25) is 0 Å². The summed E-state index contributed by atoms with van der Waals surface area (Å²) < 4.78 is 5.81. The largest absolute Gasteiger partial charge is 0.489 e. The smallest absolute Gasteiger partial charge is 0.124 e. The molecule has 0 bridgehead atoms. The average Bonchev–Trinajstić information content (AvgIpc) is 2.34. The zero-order chi connectivity index (χ0) is 14.0. The van der Waals surface area contributed by atoms with Crippen LogP contribution in [0.4, 0.5) is 5.69 Å². The van der Waals surface area contributed by atoms with Gasteiger partial charge >= 0.3 is 0 Å². The van der Waals surface area contributed by atoms with E-state index in [0.29, 0.717) is 6.61 Å². The van der Waals surface area contributed by atoms with Crippen LogP contribution in [0.15, 0.2) is 30.3 Å². The number of hydrogen-bond acceptors (Lipinski definition) is 2. The minimum atomic E-state index is 0.447. The minimum absolute atomic E-state index is 0.447. The topological polar surface area (TPSA) is 35.2 Å². The van der Waals surface area contributed by atoms with Gasteiger partial charge in [-0.2, -0.15) is 0 Å². The zero-order valence-electron chi connectivity index (χ0n) is 11.5. The maximum absolute atomic E-state index is 6.19. The first-order valence-electron chi connectivity index (χ1n) is 6.22. The van der Waals surface area contributed by atoms with Crippen molar-refractivity contribution in [1.29, 1.82) is 0 Å². The third-order valence-electron chi connectivity index (χ3n) is 3.16. The molecular formula is C16H18ClNO. The lowest BCUT2D eigenvalue weighted by Crippen LogP contribution is -2.00. The molecule has 0 aliphatic carbocycles. The first kappa shape index (κ1) is 13.8. The molecule has 0 unspecified atom stereocenters. The Kier molecular flexibility index (Phi) is 4.01. The highest BCUT2D eigenvalue weighted by atomic mass is 35.5. The Hall–Kier alpha value is -1.67. The van der Waals surface area contributed by atoms with Crippen LogP contribution in [0.2, 0.25) is 5.02 Å². The van der Waals surface area contributed by atoms with E-state index in [-0.39, 0.29) is 0 Å². The number of benzene rings is 2. The lowest BCUT2D eigenvalue weighted by molar-refractivity contribution is 0.304. The highest BCUT2D eigenvalue weighted by Gasteiger charge is 2.06. The molecule has 2 rings (SSSR count). The summed E-state index contributed by atoms with van der Waals surface area (Å²) in [6.45, 7) is 6.46. The fourth-order valence-electron chi connectivity index (χ4n) is 1.93. The van der Waals surface area contributed by atoms with E-state index >= 15 is 0 Å². The van der Waals surface area contributed by atoms with Crippen molar-refractivity contribution in [2.75, 3.05) is 5.73 Å². The van der Waals surface area contributed by atoms with E-state index in [2.05, 4.69) is 0 Å². The van der Waals surface area contributed by atoms with E-state index in [1.54, 1.807) is 0 Å². The van der Waals surface area contributed by atoms with Crippen molar-refractivity contribution in [2.24, 2.45) is 0 Å². The van der Waals surface area contributed by atoms with Crippen LogP contribution in [0.1, 0.15) is 22.3 Å². The SMILES string of the molecule is Cc1ccc(COc2cc(N)c(C)cc2C)c(Cl)c1. The van der Waals surface area contributed by atoms with Crippen LogP contribution in [-0.2, 0) is 6.61 Å². The van der Waals surface area contributed by atoms with Crippen LogP contribution < -0.4 is 10.5 Å². The van der Waals surface area contributed by atoms with Gasteiger partial charge in [0.1, 0.15) is 12.4 Å². The summed E-state index contributed by atoms with van der Waals surface area (Å²) in [4.78, 5) is 0. The third kappa shape index (κ3) is 3.21. The Labute approximate surface area is 119 Å². The van der Waals surface area contributed by atoms with Crippen molar-refractivity contribution in [2.45, 2.75) is 27.4 Å². The fourth-order valence-corrected chi connectivity index (χ4v) is 2.22. The van der Waals surface area contributed by atoms with Gasteiger partial charge in [-0.25, -0.2) is 0 Å². The summed E-state index contributed by atoms with van der Waals surface area (Å²) in [5, 5.41) is 0.734. The number of nitrogens with two attached hydrogens (primary N) is 1.